The standard InChI is InChI=1S/C25H27N7O3S/c1-15-22(16(2)35-31-15)20-5-3-4-19(28-20)14-26-13-17-7-10-32(11-8-17)24-27-9-6-18(29-24)12-21-23(33)30-25(34)36-21/h3-6,9,12,17,26H,7-8,10-11,13-14H2,1-2H3,(H,30,33,34). The molecule has 0 saturated carbocycles. The average molecular weight is 506 g/mol. The molecule has 2 saturated heterocycles. The molecule has 186 valence electrons. The highest BCUT2D eigenvalue weighted by molar-refractivity contribution is 8.18. The van der Waals surface area contributed by atoms with Crippen LogP contribution in [0.15, 0.2) is 39.9 Å². The summed E-state index contributed by atoms with van der Waals surface area (Å²) < 4.78 is 5.28. The van der Waals surface area contributed by atoms with Gasteiger partial charge in [-0.15, -0.1) is 0 Å². The van der Waals surface area contributed by atoms with Crippen LogP contribution in [0, 0.1) is 19.8 Å². The third-order valence-corrected chi connectivity index (χ3v) is 7.13. The Labute approximate surface area is 213 Å². The smallest absolute Gasteiger partial charge is 0.290 e. The molecule has 10 nitrogen and oxygen atoms in total. The van der Waals surface area contributed by atoms with Crippen LogP contribution in [0.5, 0.6) is 0 Å². The topological polar surface area (TPSA) is 126 Å². The molecule has 0 unspecified atom stereocenters. The van der Waals surface area contributed by atoms with E-state index in [-0.39, 0.29) is 11.1 Å². The highest BCUT2D eigenvalue weighted by Gasteiger charge is 2.26. The van der Waals surface area contributed by atoms with Crippen molar-refractivity contribution in [3.05, 3.63) is 58.2 Å². The zero-order valence-electron chi connectivity index (χ0n) is 20.2. The predicted octanol–water partition coefficient (Wildman–Crippen LogP) is 3.47. The van der Waals surface area contributed by atoms with Crippen LogP contribution in [0.3, 0.4) is 0 Å². The van der Waals surface area contributed by atoms with E-state index in [0.29, 0.717) is 29.0 Å². The summed E-state index contributed by atoms with van der Waals surface area (Å²) in [7, 11) is 0. The first-order valence-electron chi connectivity index (χ1n) is 11.9. The summed E-state index contributed by atoms with van der Waals surface area (Å²) in [6.45, 7) is 7.17. The Morgan fingerprint density at radius 3 is 2.75 bits per heavy atom. The maximum absolute atomic E-state index is 11.8. The van der Waals surface area contributed by atoms with Gasteiger partial charge in [-0.2, -0.15) is 0 Å². The van der Waals surface area contributed by atoms with Gasteiger partial charge in [0.2, 0.25) is 5.95 Å². The molecule has 5 rings (SSSR count). The van der Waals surface area contributed by atoms with E-state index >= 15 is 0 Å². The first-order valence-corrected chi connectivity index (χ1v) is 12.7. The van der Waals surface area contributed by atoms with Crippen molar-refractivity contribution < 1.29 is 14.1 Å². The molecule has 2 fully saturated rings. The third kappa shape index (κ3) is 5.47. The number of hydrogen-bond acceptors (Lipinski definition) is 10. The molecule has 0 bridgehead atoms. The lowest BCUT2D eigenvalue weighted by Gasteiger charge is -2.32. The van der Waals surface area contributed by atoms with Crippen LogP contribution in [0.1, 0.15) is 35.7 Å². The van der Waals surface area contributed by atoms with Gasteiger partial charge in [0.05, 0.1) is 33.2 Å². The Bertz CT molecular complexity index is 1290. The largest absolute Gasteiger partial charge is 0.361 e. The number of pyridine rings is 1. The Hall–Kier alpha value is -3.57. The number of nitrogens with one attached hydrogen (secondary N) is 2. The summed E-state index contributed by atoms with van der Waals surface area (Å²) in [6, 6.07) is 7.77. The second-order valence-corrected chi connectivity index (χ2v) is 9.92. The van der Waals surface area contributed by atoms with Crippen LogP contribution >= 0.6 is 11.8 Å². The molecule has 2 amide bonds. The summed E-state index contributed by atoms with van der Waals surface area (Å²) in [5, 5.41) is 9.49. The van der Waals surface area contributed by atoms with Crippen LogP contribution in [-0.2, 0) is 11.3 Å². The fourth-order valence-corrected chi connectivity index (χ4v) is 5.12. The molecular formula is C25H27N7O3S. The van der Waals surface area contributed by atoms with Gasteiger partial charge in [-0.25, -0.2) is 9.97 Å². The first-order chi connectivity index (χ1) is 17.5. The quantitative estimate of drug-likeness (QED) is 0.461. The van der Waals surface area contributed by atoms with Gasteiger partial charge in [0.25, 0.3) is 11.1 Å². The number of amides is 2. The summed E-state index contributed by atoms with van der Waals surface area (Å²) in [6.07, 6.45) is 5.37. The van der Waals surface area contributed by atoms with Crippen molar-refractivity contribution in [2.45, 2.75) is 33.2 Å². The van der Waals surface area contributed by atoms with Gasteiger partial charge in [0.1, 0.15) is 5.76 Å². The molecule has 2 aliphatic rings. The number of imide groups is 1. The molecule has 5 heterocycles. The Balaban J connectivity index is 1.12. The van der Waals surface area contributed by atoms with Gasteiger partial charge in [0, 0.05) is 25.8 Å². The maximum Gasteiger partial charge on any atom is 0.290 e. The lowest BCUT2D eigenvalue weighted by atomic mass is 9.97. The molecule has 11 heteroatoms. The highest BCUT2D eigenvalue weighted by atomic mass is 32.2. The van der Waals surface area contributed by atoms with E-state index in [0.717, 1.165) is 72.6 Å². The predicted molar refractivity (Wildman–Crippen MR) is 137 cm³/mol. The van der Waals surface area contributed by atoms with E-state index in [1.807, 2.05) is 32.0 Å². The molecule has 3 aromatic rings. The minimum absolute atomic E-state index is 0.348. The molecule has 2 N–H and O–H groups in total. The van der Waals surface area contributed by atoms with Crippen molar-refractivity contribution in [1.82, 2.24) is 30.7 Å². The van der Waals surface area contributed by atoms with Crippen LogP contribution in [0.4, 0.5) is 10.7 Å². The Kier molecular flexibility index (Phi) is 7.10. The lowest BCUT2D eigenvalue weighted by Crippen LogP contribution is -2.38. The minimum atomic E-state index is -0.385. The second kappa shape index (κ2) is 10.6. The number of rotatable bonds is 7. The molecule has 36 heavy (non-hydrogen) atoms. The van der Waals surface area contributed by atoms with Crippen molar-refractivity contribution in [2.75, 3.05) is 24.5 Å². The van der Waals surface area contributed by atoms with Crippen LogP contribution < -0.4 is 15.5 Å². The van der Waals surface area contributed by atoms with Crippen molar-refractivity contribution in [3.63, 3.8) is 0 Å². The number of anilines is 1. The second-order valence-electron chi connectivity index (χ2n) is 8.91. The van der Waals surface area contributed by atoms with E-state index in [2.05, 4.69) is 30.7 Å². The monoisotopic (exact) mass is 505 g/mol. The van der Waals surface area contributed by atoms with Crippen LogP contribution in [0.25, 0.3) is 17.3 Å². The summed E-state index contributed by atoms with van der Waals surface area (Å²) >= 11 is 0.886. The number of hydrogen-bond donors (Lipinski definition) is 2. The zero-order valence-corrected chi connectivity index (χ0v) is 21.0. The number of carbonyl (C=O) groups excluding carboxylic acids is 2. The average Bonchev–Trinajstić information content (AvgIpc) is 3.38. The van der Waals surface area contributed by atoms with E-state index < -0.39 is 0 Å². The van der Waals surface area contributed by atoms with Crippen molar-refractivity contribution >= 4 is 34.9 Å². The minimum Gasteiger partial charge on any atom is -0.361 e. The number of aromatic nitrogens is 4. The summed E-state index contributed by atoms with van der Waals surface area (Å²) in [4.78, 5) is 39.5. The summed E-state index contributed by atoms with van der Waals surface area (Å²) in [5.74, 6) is 1.60. The number of aryl methyl sites for hydroxylation is 2. The van der Waals surface area contributed by atoms with Gasteiger partial charge < -0.3 is 14.7 Å². The fourth-order valence-electron chi connectivity index (χ4n) is 4.46. The highest BCUT2D eigenvalue weighted by Crippen LogP contribution is 2.27. The third-order valence-electron chi connectivity index (χ3n) is 6.32. The number of nitrogens with zero attached hydrogens (tertiary/aromatic N) is 5. The Morgan fingerprint density at radius 1 is 1.19 bits per heavy atom. The molecular weight excluding hydrogens is 478 g/mol. The first kappa shape index (κ1) is 24.1. The van der Waals surface area contributed by atoms with E-state index in [1.54, 1.807) is 18.3 Å². The number of carbonyl (C=O) groups is 2. The molecule has 3 aromatic heterocycles. The van der Waals surface area contributed by atoms with Crippen molar-refractivity contribution in [1.29, 1.82) is 0 Å². The van der Waals surface area contributed by atoms with Gasteiger partial charge >= 0.3 is 0 Å². The van der Waals surface area contributed by atoms with E-state index in [4.69, 9.17) is 9.51 Å². The Morgan fingerprint density at radius 2 is 2.03 bits per heavy atom. The van der Waals surface area contributed by atoms with Gasteiger partial charge in [0.15, 0.2) is 0 Å². The zero-order chi connectivity index (χ0) is 25.1. The van der Waals surface area contributed by atoms with Crippen molar-refractivity contribution in [2.24, 2.45) is 5.92 Å². The molecule has 0 spiro atoms. The molecule has 2 aliphatic heterocycles. The summed E-state index contributed by atoms with van der Waals surface area (Å²) in [5.41, 5.74) is 4.30. The van der Waals surface area contributed by atoms with Gasteiger partial charge in [-0.05, 0) is 75.2 Å². The van der Waals surface area contributed by atoms with Crippen LogP contribution in [-0.4, -0.2) is 50.9 Å². The SMILES string of the molecule is Cc1noc(C)c1-c1cccc(CNCC2CCN(c3nccc(C=C4SC(=O)NC4=O)n3)CC2)n1. The van der Waals surface area contributed by atoms with E-state index in [1.165, 1.54) is 0 Å². The van der Waals surface area contributed by atoms with Crippen LogP contribution in [0.2, 0.25) is 0 Å². The molecule has 0 aromatic carbocycles. The normalized spacial score (nSPS) is 17.7. The number of thioether (sulfide) groups is 1. The van der Waals surface area contributed by atoms with Gasteiger partial charge in [-0.1, -0.05) is 11.2 Å². The van der Waals surface area contributed by atoms with Crippen molar-refractivity contribution in [3.8, 4) is 11.3 Å². The molecule has 0 aliphatic carbocycles. The van der Waals surface area contributed by atoms with E-state index in [9.17, 15) is 9.59 Å². The number of piperidine rings is 1. The maximum atomic E-state index is 11.8. The molecule has 0 radical (unpaired) electrons. The molecule has 0 atom stereocenters. The lowest BCUT2D eigenvalue weighted by molar-refractivity contribution is -0.115. The van der Waals surface area contributed by atoms with Gasteiger partial charge in [-0.3, -0.25) is 19.9 Å². The fraction of sp³-hybridized carbons (Fsp3) is 0.360.